The van der Waals surface area contributed by atoms with Crippen LogP contribution in [0.25, 0.3) is 0 Å². The summed E-state index contributed by atoms with van der Waals surface area (Å²) >= 11 is 0. The third kappa shape index (κ3) is 2.73. The van der Waals surface area contributed by atoms with Gasteiger partial charge in [0.15, 0.2) is 0 Å². The molecule has 1 unspecified atom stereocenters. The van der Waals surface area contributed by atoms with Gasteiger partial charge in [0.1, 0.15) is 0 Å². The number of nitrogens with zero attached hydrogens (tertiary/aromatic N) is 1. The Morgan fingerprint density at radius 3 is 3.08 bits per heavy atom. The van der Waals surface area contributed by atoms with Crippen LogP contribution in [-0.4, -0.2) is 48.8 Å². The van der Waals surface area contributed by atoms with E-state index in [1.54, 1.807) is 0 Å². The highest BCUT2D eigenvalue weighted by Gasteiger charge is 2.19. The summed E-state index contributed by atoms with van der Waals surface area (Å²) < 4.78 is 0. The minimum absolute atomic E-state index is 0.288. The smallest absolute Gasteiger partial charge is 0.0599 e. The second-order valence-electron chi connectivity index (χ2n) is 3.43. The Morgan fingerprint density at radius 1 is 1.58 bits per heavy atom. The first-order chi connectivity index (χ1) is 5.88. The average molecular weight is 172 g/mol. The van der Waals surface area contributed by atoms with Crippen molar-refractivity contribution in [3.05, 3.63) is 0 Å². The van der Waals surface area contributed by atoms with Crippen LogP contribution in [0.15, 0.2) is 0 Å². The quantitative estimate of drug-likeness (QED) is 0.629. The molecule has 2 N–H and O–H groups in total. The summed E-state index contributed by atoms with van der Waals surface area (Å²) in [5.41, 5.74) is 0. The van der Waals surface area contributed by atoms with Gasteiger partial charge in [0.2, 0.25) is 0 Å². The van der Waals surface area contributed by atoms with Crippen molar-refractivity contribution in [3.63, 3.8) is 0 Å². The number of nitrogens with one attached hydrogen (secondary N) is 1. The molecule has 12 heavy (non-hydrogen) atoms. The van der Waals surface area contributed by atoms with Gasteiger partial charge < -0.3 is 10.4 Å². The van der Waals surface area contributed by atoms with Crippen LogP contribution in [0.5, 0.6) is 0 Å². The van der Waals surface area contributed by atoms with Crippen LogP contribution in [0, 0.1) is 0 Å². The van der Waals surface area contributed by atoms with Gasteiger partial charge in [0, 0.05) is 25.7 Å². The van der Waals surface area contributed by atoms with Gasteiger partial charge in [-0.2, -0.15) is 0 Å². The van der Waals surface area contributed by atoms with E-state index in [0.29, 0.717) is 6.04 Å². The minimum atomic E-state index is 0.288. The summed E-state index contributed by atoms with van der Waals surface area (Å²) in [5, 5.41) is 12.4. The summed E-state index contributed by atoms with van der Waals surface area (Å²) in [5.74, 6) is 0. The Kier molecular flexibility index (Phi) is 4.58. The van der Waals surface area contributed by atoms with Gasteiger partial charge >= 0.3 is 0 Å². The van der Waals surface area contributed by atoms with Gasteiger partial charge in [-0.25, -0.2) is 0 Å². The minimum Gasteiger partial charge on any atom is -0.395 e. The lowest BCUT2D eigenvalue weighted by Gasteiger charge is -2.34. The van der Waals surface area contributed by atoms with Crippen molar-refractivity contribution in [2.24, 2.45) is 0 Å². The van der Waals surface area contributed by atoms with Gasteiger partial charge in [-0.1, -0.05) is 13.3 Å². The van der Waals surface area contributed by atoms with Gasteiger partial charge in [0.05, 0.1) is 6.61 Å². The zero-order valence-corrected chi connectivity index (χ0v) is 7.92. The van der Waals surface area contributed by atoms with E-state index in [0.717, 1.165) is 26.2 Å². The summed E-state index contributed by atoms with van der Waals surface area (Å²) in [6.07, 6.45) is 2.48. The fourth-order valence-electron chi connectivity index (χ4n) is 1.64. The van der Waals surface area contributed by atoms with Gasteiger partial charge in [-0.05, 0) is 13.0 Å². The van der Waals surface area contributed by atoms with Crippen molar-refractivity contribution in [2.45, 2.75) is 25.8 Å². The molecule has 1 aliphatic heterocycles. The Labute approximate surface area is 74.8 Å². The van der Waals surface area contributed by atoms with Gasteiger partial charge in [-0.3, -0.25) is 4.90 Å². The monoisotopic (exact) mass is 172 g/mol. The van der Waals surface area contributed by atoms with E-state index < -0.39 is 0 Å². The Bertz CT molecular complexity index is 119. The molecule has 0 spiro atoms. The van der Waals surface area contributed by atoms with Crippen molar-refractivity contribution in [1.82, 2.24) is 10.2 Å². The van der Waals surface area contributed by atoms with Crippen LogP contribution < -0.4 is 5.32 Å². The number of hydrogen-bond donors (Lipinski definition) is 2. The number of aliphatic hydroxyl groups excluding tert-OH is 1. The normalized spacial score (nSPS) is 26.0. The molecule has 1 heterocycles. The highest BCUT2D eigenvalue weighted by atomic mass is 16.3. The number of unbranched alkanes of at least 4 members (excludes halogenated alkanes) is 1. The Hall–Kier alpha value is -0.120. The van der Waals surface area contributed by atoms with Crippen molar-refractivity contribution in [2.75, 3.05) is 32.8 Å². The first kappa shape index (κ1) is 9.96. The lowest BCUT2D eigenvalue weighted by Crippen LogP contribution is -2.53. The average Bonchev–Trinajstić information content (AvgIpc) is 2.15. The molecule has 0 aromatic heterocycles. The molecule has 1 aliphatic rings. The Balaban J connectivity index is 2.26. The third-order valence-corrected chi connectivity index (χ3v) is 2.48. The van der Waals surface area contributed by atoms with Crippen LogP contribution >= 0.6 is 0 Å². The highest BCUT2D eigenvalue weighted by molar-refractivity contribution is 4.78. The largest absolute Gasteiger partial charge is 0.395 e. The molecule has 0 saturated carbocycles. The first-order valence-corrected chi connectivity index (χ1v) is 4.94. The molecule has 0 radical (unpaired) electrons. The first-order valence-electron chi connectivity index (χ1n) is 4.94. The van der Waals surface area contributed by atoms with E-state index in [1.165, 1.54) is 12.8 Å². The van der Waals surface area contributed by atoms with Crippen LogP contribution in [0.4, 0.5) is 0 Å². The van der Waals surface area contributed by atoms with Crippen LogP contribution in [0.3, 0.4) is 0 Å². The molecular formula is C9H20N2O. The topological polar surface area (TPSA) is 35.5 Å². The third-order valence-electron chi connectivity index (χ3n) is 2.48. The van der Waals surface area contributed by atoms with Crippen LogP contribution in [0.1, 0.15) is 19.8 Å². The molecule has 0 amide bonds. The molecule has 3 heteroatoms. The maximum Gasteiger partial charge on any atom is 0.0599 e. The van der Waals surface area contributed by atoms with Crippen molar-refractivity contribution < 1.29 is 5.11 Å². The van der Waals surface area contributed by atoms with Crippen molar-refractivity contribution >= 4 is 0 Å². The molecule has 3 nitrogen and oxygen atoms in total. The molecule has 1 saturated heterocycles. The summed E-state index contributed by atoms with van der Waals surface area (Å²) in [6, 6.07) is 0.352. The molecule has 1 atom stereocenters. The highest BCUT2D eigenvalue weighted by Crippen LogP contribution is 2.04. The second kappa shape index (κ2) is 5.51. The van der Waals surface area contributed by atoms with E-state index in [9.17, 15) is 0 Å². The molecule has 1 rings (SSSR count). The van der Waals surface area contributed by atoms with Gasteiger partial charge in [-0.15, -0.1) is 0 Å². The second-order valence-corrected chi connectivity index (χ2v) is 3.43. The summed E-state index contributed by atoms with van der Waals surface area (Å²) in [4.78, 5) is 2.39. The lowest BCUT2D eigenvalue weighted by atomic mass is 10.2. The molecule has 1 fully saturated rings. The van der Waals surface area contributed by atoms with E-state index in [2.05, 4.69) is 17.1 Å². The SMILES string of the molecule is CCCCN1CCNCC1CO. The van der Waals surface area contributed by atoms with E-state index in [1.807, 2.05) is 0 Å². The fraction of sp³-hybridized carbons (Fsp3) is 1.00. The molecule has 0 aromatic rings. The molecule has 0 aliphatic carbocycles. The maximum absolute atomic E-state index is 9.08. The van der Waals surface area contributed by atoms with Crippen LogP contribution in [-0.2, 0) is 0 Å². The van der Waals surface area contributed by atoms with E-state index >= 15 is 0 Å². The maximum atomic E-state index is 9.08. The molecule has 0 aromatic carbocycles. The van der Waals surface area contributed by atoms with Crippen molar-refractivity contribution in [1.29, 1.82) is 0 Å². The number of rotatable bonds is 4. The van der Waals surface area contributed by atoms with Crippen molar-refractivity contribution in [3.8, 4) is 0 Å². The zero-order chi connectivity index (χ0) is 8.81. The molecular weight excluding hydrogens is 152 g/mol. The van der Waals surface area contributed by atoms with E-state index in [4.69, 9.17) is 5.11 Å². The summed E-state index contributed by atoms with van der Waals surface area (Å²) in [6.45, 7) is 6.74. The zero-order valence-electron chi connectivity index (χ0n) is 7.92. The molecule has 0 bridgehead atoms. The fourth-order valence-corrected chi connectivity index (χ4v) is 1.64. The number of hydrogen-bond acceptors (Lipinski definition) is 3. The number of aliphatic hydroxyl groups is 1. The van der Waals surface area contributed by atoms with Gasteiger partial charge in [0.25, 0.3) is 0 Å². The Morgan fingerprint density at radius 2 is 2.42 bits per heavy atom. The molecule has 72 valence electrons. The predicted molar refractivity (Wildman–Crippen MR) is 50.2 cm³/mol. The summed E-state index contributed by atoms with van der Waals surface area (Å²) in [7, 11) is 0. The predicted octanol–water partition coefficient (Wildman–Crippen LogP) is 0.0526. The van der Waals surface area contributed by atoms with E-state index in [-0.39, 0.29) is 6.61 Å². The number of piperazine rings is 1. The van der Waals surface area contributed by atoms with Crippen LogP contribution in [0.2, 0.25) is 0 Å². The standard InChI is InChI=1S/C9H20N2O/c1-2-3-5-11-6-4-10-7-9(11)8-12/h9-10,12H,2-8H2,1H3. The lowest BCUT2D eigenvalue weighted by molar-refractivity contribution is 0.0994.